The van der Waals surface area contributed by atoms with Gasteiger partial charge in [-0.25, -0.2) is 4.79 Å². The van der Waals surface area contributed by atoms with E-state index in [9.17, 15) is 68.4 Å². The Hall–Kier alpha value is -9.67. The number of phenols is 2. The molecular weight excluding hydrogens is 1180 g/mol. The third kappa shape index (κ3) is 24.7. The summed E-state index contributed by atoms with van der Waals surface area (Å²) in [6, 6.07) is 16.1. The molecule has 28 heteroatoms. The number of nitrogens with two attached hydrogens (primary N) is 4. The van der Waals surface area contributed by atoms with E-state index in [1.165, 1.54) is 53.4 Å². The summed E-state index contributed by atoms with van der Waals surface area (Å²) in [6.07, 6.45) is 0.482. The van der Waals surface area contributed by atoms with Crippen LogP contribution >= 0.6 is 0 Å². The molecular formula is C63H86N14O14. The number of likely N-dealkylation sites (tertiary alicyclic amines) is 1. The minimum absolute atomic E-state index is 0.0257. The Morgan fingerprint density at radius 2 is 0.857 bits per heavy atom. The van der Waals surface area contributed by atoms with E-state index in [0.29, 0.717) is 47.9 Å². The first-order chi connectivity index (χ1) is 43.5. The lowest BCUT2D eigenvalue weighted by molar-refractivity contribution is -0.149. The Kier molecular flexibility index (Phi) is 29.6. The highest BCUT2D eigenvalue weighted by molar-refractivity contribution is 5.99. The summed E-state index contributed by atoms with van der Waals surface area (Å²) in [5.74, 6) is -10.1. The maximum Gasteiger partial charge on any atom is 0.326 e. The van der Waals surface area contributed by atoms with Crippen molar-refractivity contribution in [2.75, 3.05) is 26.2 Å². The lowest BCUT2D eigenvalue weighted by Crippen LogP contribution is -2.61. The van der Waals surface area contributed by atoms with Gasteiger partial charge in [-0.05, 0) is 130 Å². The molecule has 28 nitrogen and oxygen atoms in total. The maximum atomic E-state index is 14.9. The standard InChI is InChI=1S/C63H86N14O14/c64-29-9-7-17-45(55(83)70-47(19-11-31-69-63(67)68)57(85)76-51(36-39-15-5-2-6-16-39)61(89)77-32-12-20-52(77)62(90)91)71-58(86)48(34-38-13-3-1-4-14-38)75-59(87)49(35-41-23-27-43(79)28-24-41)74-56(84)46(18-8-10-30-65)72-60(88)50(37-53(80)81)73-54(82)44(66)33-40-21-25-42(78)26-22-40/h1-6,13-16,21-28,44-52,78-79H,7-12,17-20,29-37,64-66H2,(H,70,83)(H,71,86)(H,72,88)(H,73,82)(H,74,84)(H,75,87)(H,76,85)(H,80,81)(H,90,91)(H4,67,68,69)/t44-,45+,46+,47+,48-,49-,50-,51-,52-/m0/s1. The molecule has 5 rings (SSSR count). The van der Waals surface area contributed by atoms with Crippen LogP contribution in [-0.4, -0.2) is 171 Å². The Morgan fingerprint density at radius 1 is 0.484 bits per heavy atom. The Labute approximate surface area is 527 Å². The van der Waals surface area contributed by atoms with E-state index in [1.807, 2.05) is 0 Å². The Balaban J connectivity index is 1.44. The predicted octanol–water partition coefficient (Wildman–Crippen LogP) is -0.839. The van der Waals surface area contributed by atoms with Gasteiger partial charge in [0.05, 0.1) is 12.5 Å². The van der Waals surface area contributed by atoms with E-state index in [-0.39, 0.29) is 108 Å². The molecule has 9 atom stereocenters. The van der Waals surface area contributed by atoms with Gasteiger partial charge in [-0.3, -0.25) is 48.6 Å². The third-order valence-electron chi connectivity index (χ3n) is 15.2. The summed E-state index contributed by atoms with van der Waals surface area (Å²) in [6.45, 7) is 0.632. The van der Waals surface area contributed by atoms with Crippen LogP contribution in [0, 0.1) is 5.41 Å². The first kappa shape index (κ1) is 72.1. The molecule has 1 saturated heterocycles. The zero-order valence-electron chi connectivity index (χ0n) is 50.7. The molecule has 0 spiro atoms. The number of unbranched alkanes of at least 4 members (excludes halogenated alkanes) is 2. The number of amides is 8. The van der Waals surface area contributed by atoms with Crippen molar-refractivity contribution in [3.8, 4) is 11.5 Å². The molecule has 1 aliphatic rings. The normalized spacial score (nSPS) is 15.3. The molecule has 0 unspecified atom stereocenters. The molecule has 4 aromatic rings. The van der Waals surface area contributed by atoms with Crippen LogP contribution in [-0.2, 0) is 73.6 Å². The van der Waals surface area contributed by atoms with E-state index in [2.05, 4.69) is 42.5 Å². The van der Waals surface area contributed by atoms with Crippen molar-refractivity contribution in [2.45, 2.75) is 151 Å². The number of carbonyl (C=O) groups excluding carboxylic acids is 8. The molecule has 4 aromatic carbocycles. The number of nitrogens with zero attached hydrogens (tertiary/aromatic N) is 1. The number of hydrogen-bond acceptors (Lipinski definition) is 16. The Bertz CT molecular complexity index is 3070. The van der Waals surface area contributed by atoms with Gasteiger partial charge in [-0.1, -0.05) is 84.9 Å². The van der Waals surface area contributed by atoms with Crippen LogP contribution in [0.25, 0.3) is 0 Å². The van der Waals surface area contributed by atoms with Gasteiger partial charge in [0.2, 0.25) is 47.3 Å². The van der Waals surface area contributed by atoms with Crippen molar-refractivity contribution < 1.29 is 68.4 Å². The van der Waals surface area contributed by atoms with Crippen molar-refractivity contribution in [1.82, 2.24) is 47.4 Å². The Morgan fingerprint density at radius 3 is 1.29 bits per heavy atom. The van der Waals surface area contributed by atoms with Crippen molar-refractivity contribution in [1.29, 1.82) is 5.41 Å². The highest BCUT2D eigenvalue weighted by Crippen LogP contribution is 2.21. The fraction of sp³-hybridized carbons (Fsp3) is 0.444. The molecule has 492 valence electrons. The smallest absolute Gasteiger partial charge is 0.326 e. The number of hydrogen-bond donors (Lipinski definition) is 17. The first-order valence-electron chi connectivity index (χ1n) is 30.3. The number of aromatic hydroxyl groups is 2. The van der Waals surface area contributed by atoms with Gasteiger partial charge in [0.15, 0.2) is 5.96 Å². The number of nitrogens with one attached hydrogen (secondary N) is 9. The summed E-state index contributed by atoms with van der Waals surface area (Å²) < 4.78 is 0. The fourth-order valence-electron chi connectivity index (χ4n) is 10.3. The highest BCUT2D eigenvalue weighted by Gasteiger charge is 2.40. The summed E-state index contributed by atoms with van der Waals surface area (Å²) in [4.78, 5) is 141. The van der Waals surface area contributed by atoms with Gasteiger partial charge >= 0.3 is 11.9 Å². The fourth-order valence-corrected chi connectivity index (χ4v) is 10.3. The van der Waals surface area contributed by atoms with Gasteiger partial charge in [-0.15, -0.1) is 0 Å². The van der Waals surface area contributed by atoms with Crippen LogP contribution in [0.4, 0.5) is 0 Å². The van der Waals surface area contributed by atoms with Crippen LogP contribution < -0.4 is 65.5 Å². The first-order valence-corrected chi connectivity index (χ1v) is 30.3. The van der Waals surface area contributed by atoms with Crippen LogP contribution in [0.1, 0.15) is 92.9 Å². The second-order valence-corrected chi connectivity index (χ2v) is 22.3. The van der Waals surface area contributed by atoms with Gasteiger partial charge in [-0.2, -0.15) is 0 Å². The lowest BCUT2D eigenvalue weighted by Gasteiger charge is -2.30. The van der Waals surface area contributed by atoms with Crippen molar-refractivity contribution in [3.05, 3.63) is 131 Å². The van der Waals surface area contributed by atoms with E-state index >= 15 is 0 Å². The molecule has 1 fully saturated rings. The number of carboxylic acids is 2. The molecule has 1 aliphatic heterocycles. The summed E-state index contributed by atoms with van der Waals surface area (Å²) in [7, 11) is 0. The van der Waals surface area contributed by atoms with E-state index < -0.39 is 120 Å². The van der Waals surface area contributed by atoms with Crippen molar-refractivity contribution >= 4 is 65.2 Å². The number of benzene rings is 4. The molecule has 0 aliphatic carbocycles. The lowest BCUT2D eigenvalue weighted by atomic mass is 10.0. The minimum atomic E-state index is -1.74. The third-order valence-corrected chi connectivity index (χ3v) is 15.2. The molecule has 8 amide bonds. The van der Waals surface area contributed by atoms with Gasteiger partial charge < -0.3 is 90.8 Å². The molecule has 0 saturated carbocycles. The summed E-state index contributed by atoms with van der Waals surface area (Å²) in [5.41, 5.74) is 25.5. The molecule has 91 heavy (non-hydrogen) atoms. The van der Waals surface area contributed by atoms with Gasteiger partial charge in [0.1, 0.15) is 59.8 Å². The van der Waals surface area contributed by atoms with E-state index in [4.69, 9.17) is 28.3 Å². The SMILES string of the molecule is N=C(N)NCCC[C@@H](NC(=O)[C@@H](CCCCN)NC(=O)[C@H](Cc1ccccc1)NC(=O)[C@H](Cc1ccc(O)cc1)NC(=O)[C@@H](CCCCN)NC(=O)[C@H](CC(=O)O)NC(=O)[C@@H](N)Cc1ccc(O)cc1)C(=O)N[C@@H](Cc1ccccc1)C(=O)N1CCC[C@H]1C(=O)O. The van der Waals surface area contributed by atoms with Crippen LogP contribution in [0.2, 0.25) is 0 Å². The largest absolute Gasteiger partial charge is 0.508 e. The number of phenolic OH excluding ortho intramolecular Hbond substituents is 2. The van der Waals surface area contributed by atoms with Crippen molar-refractivity contribution in [2.24, 2.45) is 22.9 Å². The van der Waals surface area contributed by atoms with E-state index in [1.54, 1.807) is 60.7 Å². The number of carbonyl (C=O) groups is 10. The second kappa shape index (κ2) is 37.4. The predicted molar refractivity (Wildman–Crippen MR) is 335 cm³/mol. The topological polar surface area (TPSA) is 479 Å². The zero-order chi connectivity index (χ0) is 66.4. The monoisotopic (exact) mass is 1260 g/mol. The average molecular weight is 1260 g/mol. The van der Waals surface area contributed by atoms with Gasteiger partial charge in [0.25, 0.3) is 0 Å². The zero-order valence-corrected chi connectivity index (χ0v) is 50.7. The van der Waals surface area contributed by atoms with Gasteiger partial charge in [0, 0.05) is 32.4 Å². The van der Waals surface area contributed by atoms with E-state index in [0.717, 1.165) is 0 Å². The summed E-state index contributed by atoms with van der Waals surface area (Å²) in [5, 5.41) is 68.5. The molecule has 0 bridgehead atoms. The van der Waals surface area contributed by atoms with Crippen LogP contribution in [0.3, 0.4) is 0 Å². The average Bonchev–Trinajstić information content (AvgIpc) is 1.96. The van der Waals surface area contributed by atoms with Crippen LogP contribution in [0.15, 0.2) is 109 Å². The number of carboxylic acid groups (broad SMARTS) is 2. The quantitative estimate of drug-likeness (QED) is 0.0148. The molecule has 0 radical (unpaired) electrons. The molecule has 21 N–H and O–H groups in total. The minimum Gasteiger partial charge on any atom is -0.508 e. The molecule has 0 aromatic heterocycles. The number of guanidine groups is 1. The van der Waals surface area contributed by atoms with Crippen LogP contribution in [0.5, 0.6) is 11.5 Å². The summed E-state index contributed by atoms with van der Waals surface area (Å²) >= 11 is 0. The number of rotatable bonds is 38. The maximum absolute atomic E-state index is 14.9. The highest BCUT2D eigenvalue weighted by atomic mass is 16.4. The second-order valence-electron chi connectivity index (χ2n) is 22.3. The number of aliphatic carboxylic acids is 2. The van der Waals surface area contributed by atoms with Crippen molar-refractivity contribution in [3.63, 3.8) is 0 Å². The molecule has 1 heterocycles.